The highest BCUT2D eigenvalue weighted by molar-refractivity contribution is 4.86. The van der Waals surface area contributed by atoms with Crippen molar-refractivity contribution in [2.45, 2.75) is 53.9 Å². The van der Waals surface area contributed by atoms with Gasteiger partial charge in [-0.05, 0) is 36.0 Å². The van der Waals surface area contributed by atoms with Crippen LogP contribution in [-0.2, 0) is 0 Å². The van der Waals surface area contributed by atoms with Gasteiger partial charge in [0.2, 0.25) is 0 Å². The first kappa shape index (κ1) is 10.1. The van der Waals surface area contributed by atoms with Crippen LogP contribution in [0.2, 0.25) is 0 Å². The second-order valence-corrected chi connectivity index (χ2v) is 5.81. The molecule has 1 fully saturated rings. The molecule has 0 aromatic rings. The molecule has 0 aromatic heterocycles. The minimum Gasteiger partial charge on any atom is -0.0625 e. The van der Waals surface area contributed by atoms with Crippen molar-refractivity contribution in [2.75, 3.05) is 0 Å². The zero-order chi connectivity index (χ0) is 9.35. The van der Waals surface area contributed by atoms with Gasteiger partial charge in [0.15, 0.2) is 0 Å². The summed E-state index contributed by atoms with van der Waals surface area (Å²) in [5.74, 6) is 2.85. The predicted octanol–water partition coefficient (Wildman–Crippen LogP) is 4.10. The Kier molecular flexibility index (Phi) is 2.85. The van der Waals surface area contributed by atoms with E-state index in [9.17, 15) is 0 Å². The van der Waals surface area contributed by atoms with Crippen molar-refractivity contribution in [3.05, 3.63) is 0 Å². The molecule has 72 valence electrons. The van der Waals surface area contributed by atoms with E-state index in [1.54, 1.807) is 0 Å². The lowest BCUT2D eigenvalue weighted by atomic mass is 9.71. The van der Waals surface area contributed by atoms with Gasteiger partial charge in [-0.15, -0.1) is 0 Å². The average Bonchev–Trinajstić information content (AvgIpc) is 2.30. The quantitative estimate of drug-likeness (QED) is 0.553. The van der Waals surface area contributed by atoms with Gasteiger partial charge < -0.3 is 0 Å². The average molecular weight is 168 g/mol. The van der Waals surface area contributed by atoms with Crippen LogP contribution < -0.4 is 0 Å². The van der Waals surface area contributed by atoms with Gasteiger partial charge in [0.05, 0.1) is 0 Å². The van der Waals surface area contributed by atoms with Crippen molar-refractivity contribution < 1.29 is 0 Å². The first-order valence-corrected chi connectivity index (χ1v) is 5.43. The van der Waals surface area contributed by atoms with Crippen molar-refractivity contribution in [1.29, 1.82) is 0 Å². The molecule has 0 heteroatoms. The lowest BCUT2D eigenvalue weighted by Gasteiger charge is -2.34. The van der Waals surface area contributed by atoms with Crippen LogP contribution in [0.5, 0.6) is 0 Å². The van der Waals surface area contributed by atoms with Crippen LogP contribution in [0.1, 0.15) is 53.9 Å². The van der Waals surface area contributed by atoms with Gasteiger partial charge in [0.1, 0.15) is 0 Å². The summed E-state index contributed by atoms with van der Waals surface area (Å²) >= 11 is 0. The minimum absolute atomic E-state index is 0.533. The zero-order valence-corrected chi connectivity index (χ0v) is 9.35. The highest BCUT2D eigenvalue weighted by Gasteiger charge is 2.36. The molecule has 2 unspecified atom stereocenters. The van der Waals surface area contributed by atoms with Gasteiger partial charge in [-0.3, -0.25) is 0 Å². The van der Waals surface area contributed by atoms with Crippen molar-refractivity contribution in [1.82, 2.24) is 0 Å². The van der Waals surface area contributed by atoms with E-state index in [0.29, 0.717) is 5.41 Å². The Morgan fingerprint density at radius 1 is 1.08 bits per heavy atom. The van der Waals surface area contributed by atoms with E-state index < -0.39 is 0 Å². The van der Waals surface area contributed by atoms with E-state index in [0.717, 1.165) is 17.8 Å². The zero-order valence-electron chi connectivity index (χ0n) is 9.35. The molecule has 0 N–H and O–H groups in total. The fourth-order valence-electron chi connectivity index (χ4n) is 2.86. The molecule has 0 spiro atoms. The minimum atomic E-state index is 0.533. The third kappa shape index (κ3) is 2.02. The first-order valence-electron chi connectivity index (χ1n) is 5.43. The number of hydrogen-bond acceptors (Lipinski definition) is 0. The van der Waals surface area contributed by atoms with Crippen molar-refractivity contribution in [2.24, 2.45) is 23.2 Å². The molecule has 0 aliphatic heterocycles. The summed E-state index contributed by atoms with van der Waals surface area (Å²) in [4.78, 5) is 0. The monoisotopic (exact) mass is 168 g/mol. The topological polar surface area (TPSA) is 0 Å². The van der Waals surface area contributed by atoms with E-state index >= 15 is 0 Å². The van der Waals surface area contributed by atoms with E-state index in [2.05, 4.69) is 34.6 Å². The number of hydrogen-bond donors (Lipinski definition) is 0. The molecule has 0 bridgehead atoms. The van der Waals surface area contributed by atoms with Crippen LogP contribution in [0.15, 0.2) is 0 Å². The summed E-state index contributed by atoms with van der Waals surface area (Å²) in [6, 6.07) is 0. The lowest BCUT2D eigenvalue weighted by molar-refractivity contribution is 0.152. The molecule has 0 heterocycles. The Bertz CT molecular complexity index is 139. The van der Waals surface area contributed by atoms with Gasteiger partial charge in [-0.2, -0.15) is 0 Å². The lowest BCUT2D eigenvalue weighted by Crippen LogP contribution is -2.26. The molecule has 12 heavy (non-hydrogen) atoms. The Morgan fingerprint density at radius 3 is 2.00 bits per heavy atom. The summed E-state index contributed by atoms with van der Waals surface area (Å²) in [7, 11) is 0. The van der Waals surface area contributed by atoms with Crippen LogP contribution in [0.25, 0.3) is 0 Å². The van der Waals surface area contributed by atoms with E-state index in [-0.39, 0.29) is 0 Å². The molecule has 1 rings (SSSR count). The smallest absolute Gasteiger partial charge is 0.0335 e. The van der Waals surface area contributed by atoms with Crippen molar-refractivity contribution in [3.8, 4) is 0 Å². The fraction of sp³-hybridized carbons (Fsp3) is 1.00. The highest BCUT2D eigenvalue weighted by Crippen LogP contribution is 2.46. The molecule has 0 radical (unpaired) electrons. The Morgan fingerprint density at radius 2 is 1.67 bits per heavy atom. The maximum atomic E-state index is 2.40. The third-order valence-electron chi connectivity index (χ3n) is 3.54. The van der Waals surface area contributed by atoms with Crippen LogP contribution >= 0.6 is 0 Å². The Labute approximate surface area is 77.7 Å². The molecule has 1 aliphatic rings. The standard InChI is InChI=1S/C12H24/c1-9(2)10-7-6-8-11(10)12(3,4)5/h9-11H,6-8H2,1-5H3. The first-order chi connectivity index (χ1) is 5.43. The summed E-state index contributed by atoms with van der Waals surface area (Å²) < 4.78 is 0. The maximum absolute atomic E-state index is 2.40. The van der Waals surface area contributed by atoms with E-state index in [4.69, 9.17) is 0 Å². The second-order valence-electron chi connectivity index (χ2n) is 5.81. The molecule has 0 aromatic carbocycles. The van der Waals surface area contributed by atoms with Crippen molar-refractivity contribution >= 4 is 0 Å². The normalized spacial score (nSPS) is 31.5. The second kappa shape index (κ2) is 3.40. The van der Waals surface area contributed by atoms with Gasteiger partial charge >= 0.3 is 0 Å². The summed E-state index contributed by atoms with van der Waals surface area (Å²) in [5.41, 5.74) is 0.533. The summed E-state index contributed by atoms with van der Waals surface area (Å²) in [6.07, 6.45) is 4.40. The molecule has 0 nitrogen and oxygen atoms in total. The molecule has 1 aliphatic carbocycles. The molecule has 0 saturated heterocycles. The van der Waals surface area contributed by atoms with Crippen molar-refractivity contribution in [3.63, 3.8) is 0 Å². The molecule has 0 amide bonds. The van der Waals surface area contributed by atoms with Gasteiger partial charge in [0, 0.05) is 0 Å². The van der Waals surface area contributed by atoms with Gasteiger partial charge in [-0.1, -0.05) is 41.0 Å². The fourth-order valence-corrected chi connectivity index (χ4v) is 2.86. The van der Waals surface area contributed by atoms with Gasteiger partial charge in [-0.25, -0.2) is 0 Å². The van der Waals surface area contributed by atoms with Crippen LogP contribution in [0.3, 0.4) is 0 Å². The molecular weight excluding hydrogens is 144 g/mol. The highest BCUT2D eigenvalue weighted by atomic mass is 14.4. The van der Waals surface area contributed by atoms with E-state index in [1.165, 1.54) is 19.3 Å². The molecule has 2 atom stereocenters. The van der Waals surface area contributed by atoms with Gasteiger partial charge in [0.25, 0.3) is 0 Å². The van der Waals surface area contributed by atoms with E-state index in [1.807, 2.05) is 0 Å². The Hall–Kier alpha value is 0. The molecule has 1 saturated carbocycles. The summed E-state index contributed by atoms with van der Waals surface area (Å²) in [6.45, 7) is 12.0. The van der Waals surface area contributed by atoms with Crippen LogP contribution in [0, 0.1) is 23.2 Å². The Balaban J connectivity index is 2.64. The van der Waals surface area contributed by atoms with Crippen LogP contribution in [-0.4, -0.2) is 0 Å². The van der Waals surface area contributed by atoms with Crippen LogP contribution in [0.4, 0.5) is 0 Å². The largest absolute Gasteiger partial charge is 0.0625 e. The SMILES string of the molecule is CC(C)C1CCCC1C(C)(C)C. The summed E-state index contributed by atoms with van der Waals surface area (Å²) in [5, 5.41) is 0. The third-order valence-corrected chi connectivity index (χ3v) is 3.54. The molecular formula is C12H24. The predicted molar refractivity (Wildman–Crippen MR) is 55.1 cm³/mol. The number of rotatable bonds is 1. The maximum Gasteiger partial charge on any atom is -0.0335 e.